The van der Waals surface area contributed by atoms with Crippen molar-refractivity contribution in [2.24, 2.45) is 0 Å². The quantitative estimate of drug-likeness (QED) is 0.868. The number of carbonyl (C=O) groups excluding carboxylic acids is 1. The number of nitrogens with one attached hydrogen (secondary N) is 2. The Labute approximate surface area is 106 Å². The van der Waals surface area contributed by atoms with Crippen molar-refractivity contribution in [3.63, 3.8) is 0 Å². The highest BCUT2D eigenvalue weighted by atomic mass is 16.2. The molecule has 0 aliphatic carbocycles. The van der Waals surface area contributed by atoms with Crippen LogP contribution in [-0.2, 0) is 0 Å². The highest BCUT2D eigenvalue weighted by molar-refractivity contribution is 5.88. The summed E-state index contributed by atoms with van der Waals surface area (Å²) in [5.41, 5.74) is 2.12. The first kappa shape index (κ1) is 12.1. The lowest BCUT2D eigenvalue weighted by Crippen LogP contribution is -2.28. The molecule has 18 heavy (non-hydrogen) atoms. The number of pyridine rings is 1. The lowest BCUT2D eigenvalue weighted by molar-refractivity contribution is 0.252. The summed E-state index contributed by atoms with van der Waals surface area (Å²) in [4.78, 5) is 15.5. The molecule has 0 saturated heterocycles. The van der Waals surface area contributed by atoms with E-state index >= 15 is 0 Å². The minimum Gasteiger partial charge on any atom is -0.338 e. The molecule has 0 radical (unpaired) electrons. The van der Waals surface area contributed by atoms with Crippen LogP contribution in [-0.4, -0.2) is 17.6 Å². The Morgan fingerprint density at radius 2 is 1.94 bits per heavy atom. The summed E-state index contributed by atoms with van der Waals surface area (Å²) >= 11 is 0. The third-order valence-corrected chi connectivity index (χ3v) is 2.45. The third-order valence-electron chi connectivity index (χ3n) is 2.45. The summed E-state index contributed by atoms with van der Waals surface area (Å²) in [7, 11) is 0. The second-order valence-corrected chi connectivity index (χ2v) is 3.78. The van der Waals surface area contributed by atoms with Gasteiger partial charge in [0.15, 0.2) is 0 Å². The van der Waals surface area contributed by atoms with Gasteiger partial charge in [-0.2, -0.15) is 0 Å². The van der Waals surface area contributed by atoms with Gasteiger partial charge in [-0.3, -0.25) is 5.32 Å². The van der Waals surface area contributed by atoms with Crippen molar-refractivity contribution in [2.45, 2.75) is 6.92 Å². The number of carbonyl (C=O) groups is 1. The van der Waals surface area contributed by atoms with Crippen molar-refractivity contribution in [3.05, 3.63) is 48.7 Å². The van der Waals surface area contributed by atoms with Crippen LogP contribution in [0.5, 0.6) is 0 Å². The molecule has 2 rings (SSSR count). The molecular formula is C14H15N3O. The van der Waals surface area contributed by atoms with Gasteiger partial charge in [0.05, 0.1) is 0 Å². The van der Waals surface area contributed by atoms with Crippen molar-refractivity contribution >= 4 is 11.8 Å². The molecule has 0 unspecified atom stereocenters. The lowest BCUT2D eigenvalue weighted by atomic mass is 10.1. The van der Waals surface area contributed by atoms with E-state index in [2.05, 4.69) is 15.6 Å². The number of anilines is 1. The number of benzene rings is 1. The highest BCUT2D eigenvalue weighted by Gasteiger charge is 2.03. The molecule has 0 bridgehead atoms. The fourth-order valence-electron chi connectivity index (χ4n) is 1.63. The van der Waals surface area contributed by atoms with Crippen LogP contribution >= 0.6 is 0 Å². The summed E-state index contributed by atoms with van der Waals surface area (Å²) in [6, 6.07) is 13.5. The molecule has 0 aliphatic rings. The molecule has 4 nitrogen and oxygen atoms in total. The minimum atomic E-state index is -0.241. The standard InChI is InChI=1S/C14H15N3O/c1-2-15-14(18)17-13-10-12(8-9-16-13)11-6-4-3-5-7-11/h3-10H,2H2,1H3,(H2,15,16,17,18). The first-order valence-corrected chi connectivity index (χ1v) is 5.86. The lowest BCUT2D eigenvalue weighted by Gasteiger charge is -2.07. The van der Waals surface area contributed by atoms with Gasteiger partial charge in [0.25, 0.3) is 0 Å². The van der Waals surface area contributed by atoms with Crippen LogP contribution in [0, 0.1) is 0 Å². The molecule has 1 aromatic heterocycles. The van der Waals surface area contributed by atoms with E-state index in [1.807, 2.05) is 49.4 Å². The average molecular weight is 241 g/mol. The SMILES string of the molecule is CCNC(=O)Nc1cc(-c2ccccc2)ccn1. The molecule has 0 atom stereocenters. The minimum absolute atomic E-state index is 0.241. The van der Waals surface area contributed by atoms with Gasteiger partial charge in [-0.05, 0) is 30.2 Å². The number of amides is 2. The summed E-state index contributed by atoms with van der Waals surface area (Å²) in [5.74, 6) is 0.544. The first-order valence-electron chi connectivity index (χ1n) is 5.86. The maximum absolute atomic E-state index is 11.4. The second-order valence-electron chi connectivity index (χ2n) is 3.78. The van der Waals surface area contributed by atoms with E-state index in [4.69, 9.17) is 0 Å². The van der Waals surface area contributed by atoms with E-state index in [9.17, 15) is 4.79 Å². The van der Waals surface area contributed by atoms with E-state index in [1.54, 1.807) is 6.20 Å². The van der Waals surface area contributed by atoms with E-state index in [0.717, 1.165) is 11.1 Å². The van der Waals surface area contributed by atoms with Gasteiger partial charge in [-0.15, -0.1) is 0 Å². The van der Waals surface area contributed by atoms with Crippen molar-refractivity contribution in [3.8, 4) is 11.1 Å². The molecule has 2 aromatic rings. The van der Waals surface area contributed by atoms with E-state index < -0.39 is 0 Å². The molecule has 1 heterocycles. The molecule has 0 saturated carbocycles. The van der Waals surface area contributed by atoms with E-state index in [0.29, 0.717) is 12.4 Å². The number of aromatic nitrogens is 1. The molecule has 1 aromatic carbocycles. The van der Waals surface area contributed by atoms with Gasteiger partial charge in [0.2, 0.25) is 0 Å². The van der Waals surface area contributed by atoms with Crippen LogP contribution < -0.4 is 10.6 Å². The summed E-state index contributed by atoms with van der Waals surface area (Å²) < 4.78 is 0. The van der Waals surface area contributed by atoms with Crippen molar-refractivity contribution in [2.75, 3.05) is 11.9 Å². The Balaban J connectivity index is 2.18. The highest BCUT2D eigenvalue weighted by Crippen LogP contribution is 2.20. The smallest absolute Gasteiger partial charge is 0.320 e. The molecule has 2 N–H and O–H groups in total. The van der Waals surface area contributed by atoms with E-state index in [1.165, 1.54) is 0 Å². The molecular weight excluding hydrogens is 226 g/mol. The molecule has 0 spiro atoms. The van der Waals surface area contributed by atoms with Gasteiger partial charge in [-0.25, -0.2) is 9.78 Å². The van der Waals surface area contributed by atoms with Crippen molar-refractivity contribution < 1.29 is 4.79 Å². The number of urea groups is 1. The zero-order valence-corrected chi connectivity index (χ0v) is 10.2. The van der Waals surface area contributed by atoms with Crippen LogP contribution in [0.2, 0.25) is 0 Å². The average Bonchev–Trinajstić information content (AvgIpc) is 2.40. The van der Waals surface area contributed by atoms with Gasteiger partial charge in [0.1, 0.15) is 5.82 Å². The van der Waals surface area contributed by atoms with Crippen LogP contribution in [0.4, 0.5) is 10.6 Å². The van der Waals surface area contributed by atoms with Gasteiger partial charge in [-0.1, -0.05) is 30.3 Å². The fourth-order valence-corrected chi connectivity index (χ4v) is 1.63. The number of hydrogen-bond acceptors (Lipinski definition) is 2. The Morgan fingerprint density at radius 3 is 2.67 bits per heavy atom. The number of nitrogens with zero attached hydrogens (tertiary/aromatic N) is 1. The maximum atomic E-state index is 11.4. The Kier molecular flexibility index (Phi) is 3.91. The van der Waals surface area contributed by atoms with Crippen LogP contribution in [0.25, 0.3) is 11.1 Å². The zero-order chi connectivity index (χ0) is 12.8. The van der Waals surface area contributed by atoms with Gasteiger partial charge in [0, 0.05) is 12.7 Å². The van der Waals surface area contributed by atoms with Gasteiger partial charge >= 0.3 is 6.03 Å². The predicted octanol–water partition coefficient (Wildman–Crippen LogP) is 2.89. The topological polar surface area (TPSA) is 54.0 Å². The molecule has 92 valence electrons. The molecule has 0 fully saturated rings. The second kappa shape index (κ2) is 5.82. The first-order chi connectivity index (χ1) is 8.79. The Hall–Kier alpha value is -2.36. The molecule has 4 heteroatoms. The monoisotopic (exact) mass is 241 g/mol. The Morgan fingerprint density at radius 1 is 1.17 bits per heavy atom. The van der Waals surface area contributed by atoms with Crippen molar-refractivity contribution in [1.29, 1.82) is 0 Å². The fraction of sp³-hybridized carbons (Fsp3) is 0.143. The van der Waals surface area contributed by atoms with Crippen LogP contribution in [0.15, 0.2) is 48.7 Å². The summed E-state index contributed by atoms with van der Waals surface area (Å²) in [6.45, 7) is 2.46. The molecule has 0 aliphatic heterocycles. The number of hydrogen-bond donors (Lipinski definition) is 2. The normalized spacial score (nSPS) is 9.83. The Bertz CT molecular complexity index is 526. The zero-order valence-electron chi connectivity index (χ0n) is 10.2. The maximum Gasteiger partial charge on any atom is 0.320 e. The summed E-state index contributed by atoms with van der Waals surface area (Å²) in [5, 5.41) is 5.36. The van der Waals surface area contributed by atoms with Gasteiger partial charge < -0.3 is 5.32 Å². The summed E-state index contributed by atoms with van der Waals surface area (Å²) in [6.07, 6.45) is 1.68. The molecule has 2 amide bonds. The predicted molar refractivity (Wildman–Crippen MR) is 72.4 cm³/mol. The van der Waals surface area contributed by atoms with E-state index in [-0.39, 0.29) is 6.03 Å². The number of rotatable bonds is 3. The third kappa shape index (κ3) is 3.07. The van der Waals surface area contributed by atoms with Crippen LogP contribution in [0.1, 0.15) is 6.92 Å². The van der Waals surface area contributed by atoms with Crippen molar-refractivity contribution in [1.82, 2.24) is 10.3 Å². The van der Waals surface area contributed by atoms with Crippen LogP contribution in [0.3, 0.4) is 0 Å². The largest absolute Gasteiger partial charge is 0.338 e.